The third-order valence-corrected chi connectivity index (χ3v) is 5.20. The third kappa shape index (κ3) is 6.09. The molecule has 7 heteroatoms. The lowest BCUT2D eigenvalue weighted by atomic mass is 10.0. The number of halogens is 1. The van der Waals surface area contributed by atoms with Crippen molar-refractivity contribution < 1.29 is 4.74 Å². The second kappa shape index (κ2) is 11.0. The normalized spacial score (nSPS) is 16.0. The Morgan fingerprint density at radius 3 is 2.71 bits per heavy atom. The summed E-state index contributed by atoms with van der Waals surface area (Å²) in [6.45, 7) is 12.7. The van der Waals surface area contributed by atoms with Gasteiger partial charge in [0.2, 0.25) is 0 Å². The minimum Gasteiger partial charge on any atom is -0.379 e. The van der Waals surface area contributed by atoms with Crippen molar-refractivity contribution in [2.75, 3.05) is 45.9 Å². The lowest BCUT2D eigenvalue weighted by molar-refractivity contribution is -0.00683. The number of fused-ring (bicyclic) bond motifs is 1. The first-order chi connectivity index (χ1) is 13.1. The van der Waals surface area contributed by atoms with Crippen molar-refractivity contribution in [3.8, 4) is 0 Å². The number of nitrogens with zero attached hydrogens (tertiary/aromatic N) is 2. The molecule has 28 heavy (non-hydrogen) atoms. The number of aromatic nitrogens is 1. The largest absolute Gasteiger partial charge is 0.379 e. The molecule has 0 saturated carbocycles. The van der Waals surface area contributed by atoms with Crippen molar-refractivity contribution in [1.82, 2.24) is 20.5 Å². The lowest BCUT2D eigenvalue weighted by Gasteiger charge is -2.39. The van der Waals surface area contributed by atoms with E-state index < -0.39 is 0 Å². The van der Waals surface area contributed by atoms with E-state index in [1.807, 2.05) is 0 Å². The molecule has 1 fully saturated rings. The predicted molar refractivity (Wildman–Crippen MR) is 128 cm³/mol. The zero-order chi connectivity index (χ0) is 19.1. The van der Waals surface area contributed by atoms with Gasteiger partial charge < -0.3 is 20.4 Å². The van der Waals surface area contributed by atoms with Crippen LogP contribution in [0.15, 0.2) is 35.5 Å². The molecule has 1 aromatic carbocycles. The number of nitrogens with one attached hydrogen (secondary N) is 3. The van der Waals surface area contributed by atoms with Gasteiger partial charge in [-0.3, -0.25) is 9.89 Å². The van der Waals surface area contributed by atoms with Crippen molar-refractivity contribution in [2.45, 2.75) is 32.7 Å². The number of rotatable bonds is 7. The van der Waals surface area contributed by atoms with E-state index in [9.17, 15) is 0 Å². The first kappa shape index (κ1) is 23.0. The second-order valence-electron chi connectivity index (χ2n) is 7.64. The van der Waals surface area contributed by atoms with E-state index in [-0.39, 0.29) is 29.5 Å². The van der Waals surface area contributed by atoms with E-state index in [4.69, 9.17) is 9.73 Å². The predicted octanol–water partition coefficient (Wildman–Crippen LogP) is 2.99. The molecule has 0 amide bonds. The van der Waals surface area contributed by atoms with Gasteiger partial charge in [-0.05, 0) is 38.8 Å². The molecule has 0 bridgehead atoms. The van der Waals surface area contributed by atoms with Crippen LogP contribution in [0, 0.1) is 0 Å². The monoisotopic (exact) mass is 499 g/mol. The van der Waals surface area contributed by atoms with Gasteiger partial charge in [-0.1, -0.05) is 18.2 Å². The number of guanidine groups is 1. The summed E-state index contributed by atoms with van der Waals surface area (Å²) in [5.74, 6) is 0.888. The van der Waals surface area contributed by atoms with Crippen LogP contribution in [0.4, 0.5) is 0 Å². The van der Waals surface area contributed by atoms with Crippen molar-refractivity contribution in [1.29, 1.82) is 0 Å². The summed E-state index contributed by atoms with van der Waals surface area (Å²) < 4.78 is 5.47. The van der Waals surface area contributed by atoms with Crippen LogP contribution >= 0.6 is 24.0 Å². The highest BCUT2D eigenvalue weighted by Crippen LogP contribution is 2.18. The van der Waals surface area contributed by atoms with Crippen LogP contribution in [0.2, 0.25) is 0 Å². The maximum Gasteiger partial charge on any atom is 0.191 e. The van der Waals surface area contributed by atoms with Gasteiger partial charge in [-0.15, -0.1) is 24.0 Å². The molecule has 1 aliphatic rings. The highest BCUT2D eigenvalue weighted by Gasteiger charge is 2.28. The van der Waals surface area contributed by atoms with E-state index in [1.165, 1.54) is 16.5 Å². The van der Waals surface area contributed by atoms with Gasteiger partial charge in [0.15, 0.2) is 5.96 Å². The number of hydrogen-bond acceptors (Lipinski definition) is 3. The lowest BCUT2D eigenvalue weighted by Crippen LogP contribution is -2.52. The number of benzene rings is 1. The standard InChI is InChI=1S/C21H33N5O.HI/c1-4-22-20(25-16-21(2,3)26-11-13-27-14-12-26)23-10-9-17-15-24-19-8-6-5-7-18(17)19;/h5-8,15,24H,4,9-14,16H2,1-3H3,(H2,22,23,25);1H. The van der Waals surface area contributed by atoms with E-state index in [2.05, 4.69) is 71.8 Å². The number of morpholine rings is 1. The zero-order valence-electron chi connectivity index (χ0n) is 17.3. The summed E-state index contributed by atoms with van der Waals surface area (Å²) in [4.78, 5) is 10.7. The molecule has 2 heterocycles. The molecule has 3 rings (SSSR count). The fourth-order valence-corrected chi connectivity index (χ4v) is 3.54. The Morgan fingerprint density at radius 1 is 1.21 bits per heavy atom. The van der Waals surface area contributed by atoms with Gasteiger partial charge in [-0.2, -0.15) is 0 Å². The molecule has 0 radical (unpaired) electrons. The summed E-state index contributed by atoms with van der Waals surface area (Å²) >= 11 is 0. The molecule has 0 unspecified atom stereocenters. The molecular weight excluding hydrogens is 465 g/mol. The molecular formula is C21H34IN5O. The maximum atomic E-state index is 5.47. The van der Waals surface area contributed by atoms with Crippen molar-refractivity contribution >= 4 is 40.8 Å². The fourth-order valence-electron chi connectivity index (χ4n) is 3.54. The second-order valence-corrected chi connectivity index (χ2v) is 7.64. The average Bonchev–Trinajstić information content (AvgIpc) is 3.10. The van der Waals surface area contributed by atoms with Crippen molar-refractivity contribution in [3.05, 3.63) is 36.0 Å². The number of aromatic amines is 1. The number of para-hydroxylation sites is 1. The van der Waals surface area contributed by atoms with E-state index in [0.29, 0.717) is 0 Å². The van der Waals surface area contributed by atoms with Gasteiger partial charge in [0.1, 0.15) is 0 Å². The highest BCUT2D eigenvalue weighted by atomic mass is 127. The molecule has 0 aliphatic carbocycles. The Kier molecular flexibility index (Phi) is 9.04. The van der Waals surface area contributed by atoms with Crippen LogP contribution in [0.25, 0.3) is 10.9 Å². The van der Waals surface area contributed by atoms with Gasteiger partial charge in [0.05, 0.1) is 19.8 Å². The number of aliphatic imine (C=N–C) groups is 1. The summed E-state index contributed by atoms with van der Waals surface area (Å²) in [7, 11) is 0. The summed E-state index contributed by atoms with van der Waals surface area (Å²) in [6, 6.07) is 8.44. The Morgan fingerprint density at radius 2 is 1.96 bits per heavy atom. The Hall–Kier alpha value is -1.32. The maximum absolute atomic E-state index is 5.47. The quantitative estimate of drug-likeness (QED) is 0.312. The van der Waals surface area contributed by atoms with E-state index in [0.717, 1.165) is 58.3 Å². The summed E-state index contributed by atoms with van der Waals surface area (Å²) in [5, 5.41) is 8.14. The molecule has 3 N–H and O–H groups in total. The number of ether oxygens (including phenoxy) is 1. The van der Waals surface area contributed by atoms with Gasteiger partial charge in [-0.25, -0.2) is 0 Å². The van der Waals surface area contributed by atoms with Gasteiger partial charge in [0.25, 0.3) is 0 Å². The van der Waals surface area contributed by atoms with E-state index in [1.54, 1.807) is 0 Å². The van der Waals surface area contributed by atoms with Gasteiger partial charge >= 0.3 is 0 Å². The zero-order valence-corrected chi connectivity index (χ0v) is 19.6. The van der Waals surface area contributed by atoms with Crippen LogP contribution in [0.1, 0.15) is 26.3 Å². The summed E-state index contributed by atoms with van der Waals surface area (Å²) in [6.07, 6.45) is 3.07. The molecule has 0 spiro atoms. The van der Waals surface area contributed by atoms with Crippen LogP contribution in [0.3, 0.4) is 0 Å². The summed E-state index contributed by atoms with van der Waals surface area (Å²) in [5.41, 5.74) is 2.56. The van der Waals surface area contributed by atoms with Crippen LogP contribution in [-0.2, 0) is 11.2 Å². The van der Waals surface area contributed by atoms with E-state index >= 15 is 0 Å². The molecule has 2 aromatic rings. The topological polar surface area (TPSA) is 64.7 Å². The average molecular weight is 499 g/mol. The molecule has 1 saturated heterocycles. The molecule has 0 atom stereocenters. The SMILES string of the molecule is CCNC(=NCC(C)(C)N1CCOCC1)NCCc1c[nH]c2ccccc12.I. The third-order valence-electron chi connectivity index (χ3n) is 5.20. The molecule has 1 aliphatic heterocycles. The Bertz CT molecular complexity index is 752. The number of hydrogen-bond donors (Lipinski definition) is 3. The Labute approximate surface area is 185 Å². The first-order valence-electron chi connectivity index (χ1n) is 10.00. The molecule has 156 valence electrons. The molecule has 6 nitrogen and oxygen atoms in total. The molecule has 1 aromatic heterocycles. The Balaban J connectivity index is 0.00000280. The number of H-pyrrole nitrogens is 1. The fraction of sp³-hybridized carbons (Fsp3) is 0.571. The smallest absolute Gasteiger partial charge is 0.191 e. The van der Waals surface area contributed by atoms with Crippen LogP contribution < -0.4 is 10.6 Å². The van der Waals surface area contributed by atoms with Gasteiger partial charge in [0, 0.05) is 48.8 Å². The minimum absolute atomic E-state index is 0. The van der Waals surface area contributed by atoms with Crippen LogP contribution in [0.5, 0.6) is 0 Å². The van der Waals surface area contributed by atoms with Crippen molar-refractivity contribution in [3.63, 3.8) is 0 Å². The minimum atomic E-state index is 0. The highest BCUT2D eigenvalue weighted by molar-refractivity contribution is 14.0. The first-order valence-corrected chi connectivity index (χ1v) is 10.00. The van der Waals surface area contributed by atoms with Crippen molar-refractivity contribution in [2.24, 2.45) is 4.99 Å². The van der Waals surface area contributed by atoms with Crippen LogP contribution in [-0.4, -0.2) is 67.3 Å².